The molecule has 0 atom stereocenters. The maximum absolute atomic E-state index is 11.6. The third kappa shape index (κ3) is 4.49. The number of sulfonamides is 1. The lowest BCUT2D eigenvalue weighted by Crippen LogP contribution is -2.42. The molecule has 0 spiro atoms. The first-order chi connectivity index (χ1) is 11.4. The second-order valence-corrected chi connectivity index (χ2v) is 8.99. The van der Waals surface area contributed by atoms with Gasteiger partial charge >= 0.3 is 0 Å². The lowest BCUT2D eigenvalue weighted by Gasteiger charge is -2.30. The molecule has 0 amide bonds. The van der Waals surface area contributed by atoms with Gasteiger partial charge in [-0.2, -0.15) is 4.98 Å². The molecule has 2 heterocycles. The molecule has 1 saturated carbocycles. The van der Waals surface area contributed by atoms with Gasteiger partial charge in [-0.1, -0.05) is 24.4 Å². The zero-order valence-electron chi connectivity index (χ0n) is 13.8. The van der Waals surface area contributed by atoms with Gasteiger partial charge in [0.25, 0.3) is 0 Å². The van der Waals surface area contributed by atoms with Gasteiger partial charge in [0.15, 0.2) is 5.82 Å². The van der Waals surface area contributed by atoms with Crippen LogP contribution in [0.25, 0.3) is 0 Å². The molecule has 1 aromatic rings. The van der Waals surface area contributed by atoms with Crippen molar-refractivity contribution in [2.24, 2.45) is 0 Å². The Bertz CT molecular complexity index is 670. The smallest absolute Gasteiger partial charge is 0.224 e. The maximum atomic E-state index is 11.6. The average molecular weight is 374 g/mol. The van der Waals surface area contributed by atoms with Crippen LogP contribution in [0.15, 0.2) is 6.20 Å². The number of hydrogen-bond donors (Lipinski definition) is 2. The van der Waals surface area contributed by atoms with Crippen LogP contribution < -0.4 is 10.6 Å². The summed E-state index contributed by atoms with van der Waals surface area (Å²) in [4.78, 5) is 8.75. The van der Waals surface area contributed by atoms with Crippen molar-refractivity contribution in [3.05, 3.63) is 11.2 Å². The van der Waals surface area contributed by atoms with Crippen molar-refractivity contribution >= 4 is 33.4 Å². The predicted molar refractivity (Wildman–Crippen MR) is 96.0 cm³/mol. The van der Waals surface area contributed by atoms with E-state index in [2.05, 4.69) is 20.6 Å². The van der Waals surface area contributed by atoms with Crippen LogP contribution in [0.3, 0.4) is 0 Å². The Morgan fingerprint density at radius 1 is 1.12 bits per heavy atom. The summed E-state index contributed by atoms with van der Waals surface area (Å²) in [6, 6.07) is 0.603. The minimum atomic E-state index is -3.10. The summed E-state index contributed by atoms with van der Waals surface area (Å²) < 4.78 is 24.6. The van der Waals surface area contributed by atoms with Crippen molar-refractivity contribution in [1.29, 1.82) is 0 Å². The number of rotatable bonds is 5. The standard InChI is InChI=1S/C15H24ClN5O2S/c1-24(22,23)21-8-6-12(7-9-21)19-15-17-10-13(16)14(20-15)18-11-4-2-3-5-11/h10-12H,2-9H2,1H3,(H2,17,18,19,20). The van der Waals surface area contributed by atoms with E-state index in [1.807, 2.05) is 0 Å². The summed E-state index contributed by atoms with van der Waals surface area (Å²) in [5, 5.41) is 7.23. The van der Waals surface area contributed by atoms with Crippen LogP contribution in [0, 0.1) is 0 Å². The molecule has 2 N–H and O–H groups in total. The van der Waals surface area contributed by atoms with E-state index in [9.17, 15) is 8.42 Å². The van der Waals surface area contributed by atoms with Gasteiger partial charge in [0.1, 0.15) is 5.02 Å². The second kappa shape index (κ2) is 7.41. The second-order valence-electron chi connectivity index (χ2n) is 6.60. The SMILES string of the molecule is CS(=O)(=O)N1CCC(Nc2ncc(Cl)c(NC3CCCC3)n2)CC1. The number of hydrogen-bond acceptors (Lipinski definition) is 6. The normalized spacial score (nSPS) is 21.1. The van der Waals surface area contributed by atoms with Gasteiger partial charge in [-0.25, -0.2) is 17.7 Å². The quantitative estimate of drug-likeness (QED) is 0.823. The van der Waals surface area contributed by atoms with E-state index in [4.69, 9.17) is 11.6 Å². The van der Waals surface area contributed by atoms with Gasteiger partial charge in [0, 0.05) is 25.2 Å². The number of nitrogens with zero attached hydrogens (tertiary/aromatic N) is 3. The first-order valence-corrected chi connectivity index (χ1v) is 10.6. The van der Waals surface area contributed by atoms with Gasteiger partial charge in [-0.05, 0) is 25.7 Å². The largest absolute Gasteiger partial charge is 0.366 e. The Kier molecular flexibility index (Phi) is 5.46. The van der Waals surface area contributed by atoms with Gasteiger partial charge in [0.05, 0.1) is 12.5 Å². The number of anilines is 2. The van der Waals surface area contributed by atoms with Crippen molar-refractivity contribution in [1.82, 2.24) is 14.3 Å². The molecule has 1 saturated heterocycles. The molecular formula is C15H24ClN5O2S. The molecule has 1 aromatic heterocycles. The van der Waals surface area contributed by atoms with E-state index in [1.165, 1.54) is 23.4 Å². The van der Waals surface area contributed by atoms with E-state index in [-0.39, 0.29) is 6.04 Å². The summed E-state index contributed by atoms with van der Waals surface area (Å²) in [5.74, 6) is 1.22. The summed E-state index contributed by atoms with van der Waals surface area (Å²) in [6.45, 7) is 1.05. The first-order valence-electron chi connectivity index (χ1n) is 8.42. The van der Waals surface area contributed by atoms with Crippen LogP contribution >= 0.6 is 11.6 Å². The minimum Gasteiger partial charge on any atom is -0.366 e. The lowest BCUT2D eigenvalue weighted by atomic mass is 10.1. The highest BCUT2D eigenvalue weighted by molar-refractivity contribution is 7.88. The fourth-order valence-electron chi connectivity index (χ4n) is 3.32. The van der Waals surface area contributed by atoms with E-state index < -0.39 is 10.0 Å². The Balaban J connectivity index is 1.59. The van der Waals surface area contributed by atoms with Crippen molar-refractivity contribution < 1.29 is 8.42 Å². The highest BCUT2D eigenvalue weighted by atomic mass is 35.5. The van der Waals surface area contributed by atoms with Crippen LogP contribution in [-0.2, 0) is 10.0 Å². The topological polar surface area (TPSA) is 87.2 Å². The fourth-order valence-corrected chi connectivity index (χ4v) is 4.34. The molecule has 134 valence electrons. The highest BCUT2D eigenvalue weighted by Crippen LogP contribution is 2.26. The fraction of sp³-hybridized carbons (Fsp3) is 0.733. The first kappa shape index (κ1) is 17.7. The van der Waals surface area contributed by atoms with Crippen molar-refractivity contribution in [2.75, 3.05) is 30.0 Å². The molecule has 2 fully saturated rings. The summed E-state index contributed by atoms with van der Waals surface area (Å²) >= 11 is 6.20. The Labute approximate surface area is 148 Å². The molecule has 7 nitrogen and oxygen atoms in total. The molecule has 0 aromatic carbocycles. The molecule has 24 heavy (non-hydrogen) atoms. The van der Waals surface area contributed by atoms with Crippen LogP contribution in [-0.4, -0.2) is 54.1 Å². The number of aromatic nitrogens is 2. The van der Waals surface area contributed by atoms with Crippen LogP contribution in [0.1, 0.15) is 38.5 Å². The lowest BCUT2D eigenvalue weighted by molar-refractivity contribution is 0.331. The molecule has 1 aliphatic heterocycles. The predicted octanol–water partition coefficient (Wildman–Crippen LogP) is 2.32. The molecule has 0 unspecified atom stereocenters. The summed E-state index contributed by atoms with van der Waals surface area (Å²) in [5.41, 5.74) is 0. The van der Waals surface area contributed by atoms with E-state index in [1.54, 1.807) is 6.20 Å². The number of nitrogens with one attached hydrogen (secondary N) is 2. The molecule has 1 aliphatic carbocycles. The Hall–Kier alpha value is -1.12. The molecular weight excluding hydrogens is 350 g/mol. The summed E-state index contributed by atoms with van der Waals surface area (Å²) in [7, 11) is -3.10. The number of piperidine rings is 1. The Morgan fingerprint density at radius 3 is 2.38 bits per heavy atom. The number of halogens is 1. The average Bonchev–Trinajstić information content (AvgIpc) is 3.03. The monoisotopic (exact) mass is 373 g/mol. The van der Waals surface area contributed by atoms with Crippen LogP contribution in [0.5, 0.6) is 0 Å². The molecule has 9 heteroatoms. The zero-order chi connectivity index (χ0) is 17.2. The van der Waals surface area contributed by atoms with Gasteiger partial charge in [0.2, 0.25) is 16.0 Å². The van der Waals surface area contributed by atoms with Crippen molar-refractivity contribution in [2.45, 2.75) is 50.6 Å². The molecule has 0 bridgehead atoms. The third-order valence-corrected chi connectivity index (χ3v) is 6.28. The van der Waals surface area contributed by atoms with Gasteiger partial charge in [-0.15, -0.1) is 0 Å². The maximum Gasteiger partial charge on any atom is 0.224 e. The van der Waals surface area contributed by atoms with E-state index in [0.29, 0.717) is 35.9 Å². The Morgan fingerprint density at radius 2 is 1.75 bits per heavy atom. The zero-order valence-corrected chi connectivity index (χ0v) is 15.4. The van der Waals surface area contributed by atoms with Gasteiger partial charge in [-0.3, -0.25) is 0 Å². The van der Waals surface area contributed by atoms with Crippen LogP contribution in [0.4, 0.5) is 11.8 Å². The minimum absolute atomic E-state index is 0.170. The highest BCUT2D eigenvalue weighted by Gasteiger charge is 2.25. The molecule has 3 rings (SSSR count). The third-order valence-electron chi connectivity index (χ3n) is 4.70. The van der Waals surface area contributed by atoms with E-state index >= 15 is 0 Å². The molecule has 0 radical (unpaired) electrons. The van der Waals surface area contributed by atoms with Crippen molar-refractivity contribution in [3.8, 4) is 0 Å². The van der Waals surface area contributed by atoms with Crippen LogP contribution in [0.2, 0.25) is 5.02 Å². The summed E-state index contributed by atoms with van der Waals surface area (Å²) in [6.07, 6.45) is 9.12. The van der Waals surface area contributed by atoms with Crippen molar-refractivity contribution in [3.63, 3.8) is 0 Å². The molecule has 2 aliphatic rings. The van der Waals surface area contributed by atoms with E-state index in [0.717, 1.165) is 25.7 Å². The van der Waals surface area contributed by atoms with Gasteiger partial charge < -0.3 is 10.6 Å².